The van der Waals surface area contributed by atoms with Gasteiger partial charge in [-0.3, -0.25) is 9.59 Å². The molecule has 2 aliphatic heterocycles. The van der Waals surface area contributed by atoms with Crippen LogP contribution < -0.4 is 4.72 Å². The number of sulfonamides is 1. The number of benzene rings is 1. The molecule has 1 aromatic rings. The molecular formula is C20H26ClN3O5S. The van der Waals surface area contributed by atoms with Crippen LogP contribution in [0.15, 0.2) is 23.1 Å². The molecule has 1 N–H and O–H groups in total. The average Bonchev–Trinajstić information content (AvgIpc) is 3.47. The summed E-state index contributed by atoms with van der Waals surface area (Å²) in [7, 11) is -3.87. The molecule has 10 heteroatoms. The van der Waals surface area contributed by atoms with E-state index in [4.69, 9.17) is 16.3 Å². The Labute approximate surface area is 181 Å². The second kappa shape index (κ2) is 8.82. The maximum atomic E-state index is 12.9. The van der Waals surface area contributed by atoms with Gasteiger partial charge >= 0.3 is 0 Å². The first-order valence-electron chi connectivity index (χ1n) is 10.3. The standard InChI is InChI=1S/C20H26ClN3O5S/c21-17-6-5-15(12-18(17)30(27,28)22-13-16-2-1-11-29-16)20(26)24-9-7-23(8-10-24)19(25)14-3-4-14/h5-6,12,14,16,22H,1-4,7-11,13H2/t16-/m0/s1. The predicted octanol–water partition coefficient (Wildman–Crippen LogP) is 1.49. The lowest BCUT2D eigenvalue weighted by atomic mass is 10.1. The quantitative estimate of drug-likeness (QED) is 0.701. The van der Waals surface area contributed by atoms with Crippen molar-refractivity contribution in [2.75, 3.05) is 39.3 Å². The highest BCUT2D eigenvalue weighted by molar-refractivity contribution is 7.89. The third-order valence-electron chi connectivity index (χ3n) is 5.80. The van der Waals surface area contributed by atoms with E-state index in [2.05, 4.69) is 4.72 Å². The SMILES string of the molecule is O=C(c1ccc(Cl)c(S(=O)(=O)NC[C@@H]2CCCO2)c1)N1CCN(C(=O)C2CC2)CC1. The van der Waals surface area contributed by atoms with Crippen molar-refractivity contribution in [1.82, 2.24) is 14.5 Å². The number of nitrogens with zero attached hydrogens (tertiary/aromatic N) is 2. The Morgan fingerprint density at radius 2 is 1.80 bits per heavy atom. The molecule has 0 spiro atoms. The minimum atomic E-state index is -3.87. The zero-order valence-electron chi connectivity index (χ0n) is 16.7. The summed E-state index contributed by atoms with van der Waals surface area (Å²) >= 11 is 6.14. The molecule has 2 saturated heterocycles. The molecule has 3 fully saturated rings. The number of nitrogens with one attached hydrogen (secondary N) is 1. The third kappa shape index (κ3) is 4.80. The monoisotopic (exact) mass is 455 g/mol. The predicted molar refractivity (Wildman–Crippen MR) is 111 cm³/mol. The first kappa shape index (κ1) is 21.5. The number of carbonyl (C=O) groups is 2. The van der Waals surface area contributed by atoms with Gasteiger partial charge in [0.25, 0.3) is 5.91 Å². The van der Waals surface area contributed by atoms with Crippen molar-refractivity contribution >= 4 is 33.4 Å². The van der Waals surface area contributed by atoms with Crippen LogP contribution >= 0.6 is 11.6 Å². The Balaban J connectivity index is 1.41. The van der Waals surface area contributed by atoms with Gasteiger partial charge in [0, 0.05) is 50.8 Å². The van der Waals surface area contributed by atoms with Crippen molar-refractivity contribution in [3.63, 3.8) is 0 Å². The minimum Gasteiger partial charge on any atom is -0.377 e. The zero-order chi connectivity index (χ0) is 21.3. The van der Waals surface area contributed by atoms with Crippen molar-refractivity contribution in [2.24, 2.45) is 5.92 Å². The summed E-state index contributed by atoms with van der Waals surface area (Å²) in [6.07, 6.45) is 3.50. The maximum Gasteiger partial charge on any atom is 0.254 e. The molecule has 30 heavy (non-hydrogen) atoms. The highest BCUT2D eigenvalue weighted by Crippen LogP contribution is 2.31. The molecule has 3 aliphatic rings. The second-order valence-corrected chi connectivity index (χ2v) is 10.2. The van der Waals surface area contributed by atoms with Gasteiger partial charge in [-0.15, -0.1) is 0 Å². The molecule has 1 aromatic carbocycles. The van der Waals surface area contributed by atoms with Crippen LogP contribution in [0.2, 0.25) is 5.02 Å². The molecule has 1 saturated carbocycles. The molecule has 0 aromatic heterocycles. The first-order chi connectivity index (χ1) is 14.3. The minimum absolute atomic E-state index is 0.0613. The van der Waals surface area contributed by atoms with Gasteiger partial charge < -0.3 is 14.5 Å². The highest BCUT2D eigenvalue weighted by Gasteiger charge is 2.35. The maximum absolute atomic E-state index is 12.9. The van der Waals surface area contributed by atoms with Crippen molar-refractivity contribution < 1.29 is 22.7 Å². The molecule has 8 nitrogen and oxygen atoms in total. The van der Waals surface area contributed by atoms with Crippen LogP contribution in [0, 0.1) is 5.92 Å². The van der Waals surface area contributed by atoms with Crippen molar-refractivity contribution in [3.8, 4) is 0 Å². The van der Waals surface area contributed by atoms with E-state index in [-0.39, 0.29) is 45.9 Å². The van der Waals surface area contributed by atoms with Gasteiger partial charge in [-0.05, 0) is 43.9 Å². The molecule has 0 radical (unpaired) electrons. The van der Waals surface area contributed by atoms with Gasteiger partial charge in [0.2, 0.25) is 15.9 Å². The Bertz CT molecular complexity index is 920. The number of halogens is 1. The Morgan fingerprint density at radius 3 is 2.43 bits per heavy atom. The largest absolute Gasteiger partial charge is 0.377 e. The fourth-order valence-electron chi connectivity index (χ4n) is 3.83. The van der Waals surface area contributed by atoms with Crippen molar-refractivity contribution in [2.45, 2.75) is 36.7 Å². The molecule has 2 amide bonds. The lowest BCUT2D eigenvalue weighted by molar-refractivity contribution is -0.134. The summed E-state index contributed by atoms with van der Waals surface area (Å²) in [6, 6.07) is 4.29. The van der Waals surface area contributed by atoms with Crippen molar-refractivity contribution in [3.05, 3.63) is 28.8 Å². The van der Waals surface area contributed by atoms with Gasteiger partial charge in [0.15, 0.2) is 0 Å². The Hall–Kier alpha value is -1.68. The highest BCUT2D eigenvalue weighted by atomic mass is 35.5. The average molecular weight is 456 g/mol. The van der Waals surface area contributed by atoms with Crippen LogP contribution in [0.3, 0.4) is 0 Å². The van der Waals surface area contributed by atoms with E-state index in [1.165, 1.54) is 18.2 Å². The molecule has 1 atom stereocenters. The smallest absolute Gasteiger partial charge is 0.254 e. The van der Waals surface area contributed by atoms with Crippen LogP contribution in [0.4, 0.5) is 0 Å². The summed E-state index contributed by atoms with van der Waals surface area (Å²) in [4.78, 5) is 28.5. The van der Waals surface area contributed by atoms with Gasteiger partial charge in [-0.25, -0.2) is 13.1 Å². The number of ether oxygens (including phenoxy) is 1. The Morgan fingerprint density at radius 1 is 1.10 bits per heavy atom. The number of hydrogen-bond donors (Lipinski definition) is 1. The topological polar surface area (TPSA) is 96.0 Å². The Kier molecular flexibility index (Phi) is 6.34. The number of amides is 2. The second-order valence-electron chi connectivity index (χ2n) is 8.02. The van der Waals surface area contributed by atoms with E-state index in [9.17, 15) is 18.0 Å². The molecule has 1 aliphatic carbocycles. The normalized spacial score (nSPS) is 22.4. The number of hydrogen-bond acceptors (Lipinski definition) is 5. The van der Waals surface area contributed by atoms with E-state index in [0.717, 1.165) is 25.7 Å². The van der Waals surface area contributed by atoms with Gasteiger partial charge in [0.1, 0.15) is 4.90 Å². The van der Waals surface area contributed by atoms with E-state index >= 15 is 0 Å². The molecule has 164 valence electrons. The number of rotatable bonds is 6. The van der Waals surface area contributed by atoms with Crippen LogP contribution in [-0.4, -0.2) is 75.5 Å². The zero-order valence-corrected chi connectivity index (χ0v) is 18.3. The molecule has 0 bridgehead atoms. The molecular weight excluding hydrogens is 430 g/mol. The molecule has 4 rings (SSSR count). The van der Waals surface area contributed by atoms with Crippen LogP contribution in [0.5, 0.6) is 0 Å². The summed E-state index contributed by atoms with van der Waals surface area (Å²) < 4.78 is 33.4. The fourth-order valence-corrected chi connectivity index (χ4v) is 5.42. The van der Waals surface area contributed by atoms with E-state index < -0.39 is 10.0 Å². The van der Waals surface area contributed by atoms with Crippen LogP contribution in [0.25, 0.3) is 0 Å². The number of piperazine rings is 1. The van der Waals surface area contributed by atoms with Crippen LogP contribution in [0.1, 0.15) is 36.0 Å². The summed E-state index contributed by atoms with van der Waals surface area (Å²) in [5.74, 6) is 0.0819. The molecule has 2 heterocycles. The van der Waals surface area contributed by atoms with E-state index in [0.29, 0.717) is 32.8 Å². The summed E-state index contributed by atoms with van der Waals surface area (Å²) in [6.45, 7) is 2.68. The van der Waals surface area contributed by atoms with Gasteiger partial charge in [-0.1, -0.05) is 11.6 Å². The van der Waals surface area contributed by atoms with E-state index in [1.54, 1.807) is 4.90 Å². The van der Waals surface area contributed by atoms with E-state index in [1.807, 2.05) is 4.90 Å². The van der Waals surface area contributed by atoms with Crippen LogP contribution in [-0.2, 0) is 19.6 Å². The first-order valence-corrected chi connectivity index (χ1v) is 12.2. The summed E-state index contributed by atoms with van der Waals surface area (Å²) in [5, 5.41) is 0.0613. The van der Waals surface area contributed by atoms with Gasteiger partial charge in [0.05, 0.1) is 11.1 Å². The third-order valence-corrected chi connectivity index (χ3v) is 7.70. The van der Waals surface area contributed by atoms with Crippen molar-refractivity contribution in [1.29, 1.82) is 0 Å². The molecule has 0 unspecified atom stereocenters. The lowest BCUT2D eigenvalue weighted by Crippen LogP contribution is -2.51. The lowest BCUT2D eigenvalue weighted by Gasteiger charge is -2.35. The van der Waals surface area contributed by atoms with Gasteiger partial charge in [-0.2, -0.15) is 0 Å². The summed E-state index contributed by atoms with van der Waals surface area (Å²) in [5.41, 5.74) is 0.263. The fraction of sp³-hybridized carbons (Fsp3) is 0.600. The number of carbonyl (C=O) groups excluding carboxylic acids is 2.